The lowest BCUT2D eigenvalue weighted by atomic mass is 9.93. The maximum atomic E-state index is 13.6. The van der Waals surface area contributed by atoms with Crippen molar-refractivity contribution in [3.05, 3.63) is 27.2 Å². The van der Waals surface area contributed by atoms with E-state index in [1.54, 1.807) is 17.8 Å². The molecule has 0 bridgehead atoms. The van der Waals surface area contributed by atoms with Crippen LogP contribution in [-0.2, 0) is 16.6 Å². The monoisotopic (exact) mass is 387 g/mol. The van der Waals surface area contributed by atoms with Crippen LogP contribution in [0.15, 0.2) is 12.1 Å². The van der Waals surface area contributed by atoms with Crippen molar-refractivity contribution >= 4 is 45.3 Å². The van der Waals surface area contributed by atoms with Crippen LogP contribution in [0.4, 0.5) is 4.39 Å². The van der Waals surface area contributed by atoms with E-state index < -0.39 is 5.92 Å². The molecule has 5 nitrogen and oxygen atoms in total. The van der Waals surface area contributed by atoms with Gasteiger partial charge in [-0.05, 0) is 41.1 Å². The quantitative estimate of drug-likeness (QED) is 0.600. The molecule has 1 saturated heterocycles. The predicted octanol–water partition coefficient (Wildman–Crippen LogP) is 1.84. The highest BCUT2D eigenvalue weighted by Gasteiger charge is 2.32. The fourth-order valence-electron chi connectivity index (χ4n) is 2.54. The van der Waals surface area contributed by atoms with Crippen LogP contribution in [0.1, 0.15) is 24.5 Å². The van der Waals surface area contributed by atoms with Gasteiger partial charge in [-0.1, -0.05) is 0 Å². The summed E-state index contributed by atoms with van der Waals surface area (Å²) in [5.74, 6) is -1.36. The lowest BCUT2D eigenvalue weighted by molar-refractivity contribution is -0.134. The molecular weight excluding hydrogens is 376 g/mol. The third kappa shape index (κ3) is 2.00. The number of carbonyl (C=O) groups excluding carboxylic acids is 2. The number of halogens is 2. The molecule has 7 heteroatoms. The molecule has 1 fully saturated rings. The van der Waals surface area contributed by atoms with Crippen molar-refractivity contribution in [1.29, 1.82) is 0 Å². The first kappa shape index (κ1) is 13.5. The molecule has 1 aliphatic heterocycles. The van der Waals surface area contributed by atoms with Gasteiger partial charge in [0.15, 0.2) is 0 Å². The van der Waals surface area contributed by atoms with Crippen LogP contribution in [0.25, 0.3) is 10.9 Å². The highest BCUT2D eigenvalue weighted by Crippen LogP contribution is 2.32. The van der Waals surface area contributed by atoms with Crippen molar-refractivity contribution in [3.63, 3.8) is 0 Å². The van der Waals surface area contributed by atoms with Crippen LogP contribution >= 0.6 is 22.6 Å². The van der Waals surface area contributed by atoms with E-state index >= 15 is 0 Å². The fourth-order valence-corrected chi connectivity index (χ4v) is 3.36. The molecular formula is C13H11FIN3O2. The SMILES string of the molecule is Cn1nc(C2CCC(=O)NC2=O)c2ccc(F)c(I)c21. The largest absolute Gasteiger partial charge is 0.296 e. The summed E-state index contributed by atoms with van der Waals surface area (Å²) in [6.45, 7) is 0. The summed E-state index contributed by atoms with van der Waals surface area (Å²) >= 11 is 1.93. The van der Waals surface area contributed by atoms with E-state index in [9.17, 15) is 14.0 Å². The number of carbonyl (C=O) groups is 2. The molecule has 104 valence electrons. The van der Waals surface area contributed by atoms with Crippen LogP contribution in [0.2, 0.25) is 0 Å². The van der Waals surface area contributed by atoms with E-state index in [-0.39, 0.29) is 17.6 Å². The Balaban J connectivity index is 2.16. The van der Waals surface area contributed by atoms with E-state index in [2.05, 4.69) is 10.4 Å². The number of rotatable bonds is 1. The minimum Gasteiger partial charge on any atom is -0.296 e. The van der Waals surface area contributed by atoms with Gasteiger partial charge in [0.25, 0.3) is 0 Å². The van der Waals surface area contributed by atoms with Crippen LogP contribution in [-0.4, -0.2) is 21.6 Å². The van der Waals surface area contributed by atoms with Crippen molar-refractivity contribution in [1.82, 2.24) is 15.1 Å². The third-order valence-corrected chi connectivity index (χ3v) is 4.52. The van der Waals surface area contributed by atoms with Gasteiger partial charge in [-0.3, -0.25) is 19.6 Å². The van der Waals surface area contributed by atoms with Crippen LogP contribution in [0.5, 0.6) is 0 Å². The molecule has 1 atom stereocenters. The molecule has 2 aromatic rings. The molecule has 1 aromatic carbocycles. The summed E-state index contributed by atoms with van der Waals surface area (Å²) in [5.41, 5.74) is 1.27. The Morgan fingerprint density at radius 2 is 2.20 bits per heavy atom. The standard InChI is InChI=1S/C13H11FIN3O2/c1-18-12-6(2-4-8(14)10(12)15)11(17-18)7-3-5-9(19)16-13(7)20/h2,4,7H,3,5H2,1H3,(H,16,19,20). The van der Waals surface area contributed by atoms with E-state index in [0.29, 0.717) is 27.6 Å². The highest BCUT2D eigenvalue weighted by atomic mass is 127. The number of aryl methyl sites for hydroxylation is 1. The summed E-state index contributed by atoms with van der Waals surface area (Å²) < 4.78 is 15.7. The minimum atomic E-state index is -0.460. The first-order chi connectivity index (χ1) is 9.49. The molecule has 0 aliphatic carbocycles. The number of hydrogen-bond acceptors (Lipinski definition) is 3. The molecule has 1 aromatic heterocycles. The molecule has 0 spiro atoms. The second kappa shape index (κ2) is 4.80. The molecule has 0 radical (unpaired) electrons. The Bertz CT molecular complexity index is 741. The Kier molecular flexibility index (Phi) is 3.23. The average molecular weight is 387 g/mol. The van der Waals surface area contributed by atoms with E-state index in [0.717, 1.165) is 5.39 Å². The number of fused-ring (bicyclic) bond motifs is 1. The Morgan fingerprint density at radius 1 is 1.45 bits per heavy atom. The van der Waals surface area contributed by atoms with Crippen molar-refractivity contribution in [2.45, 2.75) is 18.8 Å². The number of hydrogen-bond donors (Lipinski definition) is 1. The number of imide groups is 1. The summed E-state index contributed by atoms with van der Waals surface area (Å²) in [4.78, 5) is 23.2. The lowest BCUT2D eigenvalue weighted by Crippen LogP contribution is -2.39. The molecule has 2 heterocycles. The van der Waals surface area contributed by atoms with E-state index in [1.807, 2.05) is 22.6 Å². The van der Waals surface area contributed by atoms with Gasteiger partial charge in [-0.2, -0.15) is 5.10 Å². The number of aromatic nitrogens is 2. The maximum Gasteiger partial charge on any atom is 0.235 e. The Labute approximate surface area is 127 Å². The zero-order valence-corrected chi connectivity index (χ0v) is 12.8. The zero-order valence-electron chi connectivity index (χ0n) is 10.6. The van der Waals surface area contributed by atoms with Gasteiger partial charge in [0.05, 0.1) is 20.7 Å². The molecule has 3 rings (SSSR count). The second-order valence-corrected chi connectivity index (χ2v) is 5.85. The summed E-state index contributed by atoms with van der Waals surface area (Å²) in [6.07, 6.45) is 0.734. The van der Waals surface area contributed by atoms with Gasteiger partial charge < -0.3 is 0 Å². The van der Waals surface area contributed by atoms with Gasteiger partial charge in [-0.25, -0.2) is 4.39 Å². The fraction of sp³-hybridized carbons (Fsp3) is 0.308. The molecule has 1 N–H and O–H groups in total. The smallest absolute Gasteiger partial charge is 0.235 e. The van der Waals surface area contributed by atoms with Gasteiger partial charge in [0.2, 0.25) is 11.8 Å². The molecule has 20 heavy (non-hydrogen) atoms. The van der Waals surface area contributed by atoms with Crippen LogP contribution in [0, 0.1) is 9.39 Å². The van der Waals surface area contributed by atoms with E-state index in [4.69, 9.17) is 0 Å². The number of benzene rings is 1. The van der Waals surface area contributed by atoms with Gasteiger partial charge in [0, 0.05) is 18.9 Å². The van der Waals surface area contributed by atoms with E-state index in [1.165, 1.54) is 6.07 Å². The Morgan fingerprint density at radius 3 is 2.90 bits per heavy atom. The van der Waals surface area contributed by atoms with Gasteiger partial charge in [0.1, 0.15) is 5.82 Å². The summed E-state index contributed by atoms with van der Waals surface area (Å²) in [7, 11) is 1.72. The van der Waals surface area contributed by atoms with Crippen LogP contribution in [0.3, 0.4) is 0 Å². The number of nitrogens with one attached hydrogen (secondary N) is 1. The minimum absolute atomic E-state index is 0.257. The van der Waals surface area contributed by atoms with Crippen molar-refractivity contribution in [3.8, 4) is 0 Å². The maximum absolute atomic E-state index is 13.6. The second-order valence-electron chi connectivity index (χ2n) is 4.77. The van der Waals surface area contributed by atoms with Crippen molar-refractivity contribution in [2.75, 3.05) is 0 Å². The molecule has 0 saturated carbocycles. The van der Waals surface area contributed by atoms with Gasteiger partial charge >= 0.3 is 0 Å². The topological polar surface area (TPSA) is 64.0 Å². The van der Waals surface area contributed by atoms with Crippen LogP contribution < -0.4 is 5.32 Å². The van der Waals surface area contributed by atoms with Gasteiger partial charge in [-0.15, -0.1) is 0 Å². The van der Waals surface area contributed by atoms with Crippen molar-refractivity contribution < 1.29 is 14.0 Å². The molecule has 1 aliphatic rings. The number of amides is 2. The average Bonchev–Trinajstić information content (AvgIpc) is 2.72. The lowest BCUT2D eigenvalue weighted by Gasteiger charge is -2.19. The van der Waals surface area contributed by atoms with Crippen molar-refractivity contribution in [2.24, 2.45) is 7.05 Å². The highest BCUT2D eigenvalue weighted by molar-refractivity contribution is 14.1. The predicted molar refractivity (Wildman–Crippen MR) is 78.5 cm³/mol. The summed E-state index contributed by atoms with van der Waals surface area (Å²) in [5, 5.41) is 7.45. The summed E-state index contributed by atoms with van der Waals surface area (Å²) in [6, 6.07) is 3.01. The third-order valence-electron chi connectivity index (χ3n) is 3.50. The zero-order chi connectivity index (χ0) is 14.4. The first-order valence-corrected chi connectivity index (χ1v) is 7.21. The Hall–Kier alpha value is -1.51. The normalized spacial score (nSPS) is 19.4. The molecule has 2 amide bonds. The number of piperidine rings is 1. The molecule has 1 unspecified atom stereocenters. The number of nitrogens with zero attached hydrogens (tertiary/aromatic N) is 2. The first-order valence-electron chi connectivity index (χ1n) is 6.13.